The molecule has 2 aromatic carbocycles. The van der Waals surface area contributed by atoms with Gasteiger partial charge in [-0.2, -0.15) is 0 Å². The van der Waals surface area contributed by atoms with Gasteiger partial charge in [-0.05, 0) is 17.0 Å². The minimum atomic E-state index is -0.124. The molecule has 0 fully saturated rings. The van der Waals surface area contributed by atoms with Crippen LogP contribution in [0.4, 0.5) is 0 Å². The molecule has 0 atom stereocenters. The van der Waals surface area contributed by atoms with Crippen LogP contribution in [0.15, 0.2) is 84.3 Å². The van der Waals surface area contributed by atoms with Gasteiger partial charge in [-0.15, -0.1) is 0 Å². The Labute approximate surface area is 207 Å². The maximum absolute atomic E-state index is 13.2. The SMILES string of the molecule is CC(C)c1ccccc1-c1ncc2c(n1)n(Cc1ccc(-c3nccn4ccnc34)cc1)c(=O)n2C. The smallest absolute Gasteiger partial charge is 0.304 e. The van der Waals surface area contributed by atoms with Gasteiger partial charge in [0.15, 0.2) is 17.1 Å². The molecule has 4 aromatic heterocycles. The zero-order valence-corrected chi connectivity index (χ0v) is 20.3. The highest BCUT2D eigenvalue weighted by molar-refractivity contribution is 5.75. The van der Waals surface area contributed by atoms with Gasteiger partial charge < -0.3 is 4.40 Å². The number of nitrogens with zero attached hydrogens (tertiary/aromatic N) is 7. The maximum atomic E-state index is 13.2. The van der Waals surface area contributed by atoms with E-state index in [0.29, 0.717) is 29.5 Å². The average Bonchev–Trinajstić information content (AvgIpc) is 3.48. The van der Waals surface area contributed by atoms with Crippen molar-refractivity contribution in [2.24, 2.45) is 7.05 Å². The lowest BCUT2D eigenvalue weighted by Gasteiger charge is -2.11. The van der Waals surface area contributed by atoms with Crippen LogP contribution >= 0.6 is 0 Å². The highest BCUT2D eigenvalue weighted by Crippen LogP contribution is 2.28. The van der Waals surface area contributed by atoms with Crippen LogP contribution in [0.3, 0.4) is 0 Å². The molecule has 0 unspecified atom stereocenters. The Hall–Kier alpha value is -4.59. The van der Waals surface area contributed by atoms with Gasteiger partial charge in [-0.3, -0.25) is 14.1 Å². The Bertz CT molecular complexity index is 1770. The van der Waals surface area contributed by atoms with Crippen molar-refractivity contribution < 1.29 is 0 Å². The lowest BCUT2D eigenvalue weighted by molar-refractivity contribution is 0.731. The van der Waals surface area contributed by atoms with Gasteiger partial charge in [0.1, 0.15) is 11.2 Å². The number of imidazole rings is 2. The Balaban J connectivity index is 1.39. The second kappa shape index (κ2) is 8.57. The van der Waals surface area contributed by atoms with Gasteiger partial charge in [0.25, 0.3) is 0 Å². The molecule has 6 rings (SSSR count). The summed E-state index contributed by atoms with van der Waals surface area (Å²) in [5.41, 5.74) is 6.96. The van der Waals surface area contributed by atoms with Crippen molar-refractivity contribution in [3.05, 3.63) is 101 Å². The first-order valence-electron chi connectivity index (χ1n) is 11.9. The maximum Gasteiger partial charge on any atom is 0.330 e. The fourth-order valence-electron chi connectivity index (χ4n) is 4.66. The molecular weight excluding hydrogens is 450 g/mol. The van der Waals surface area contributed by atoms with Crippen LogP contribution in [0.1, 0.15) is 30.9 Å². The minimum Gasteiger partial charge on any atom is -0.304 e. The second-order valence-corrected chi connectivity index (χ2v) is 9.20. The first-order valence-corrected chi connectivity index (χ1v) is 11.9. The first kappa shape index (κ1) is 21.9. The van der Waals surface area contributed by atoms with Crippen LogP contribution in [-0.4, -0.2) is 33.5 Å². The van der Waals surface area contributed by atoms with E-state index >= 15 is 0 Å². The summed E-state index contributed by atoms with van der Waals surface area (Å²) in [6.45, 7) is 4.71. The Morgan fingerprint density at radius 3 is 2.42 bits per heavy atom. The van der Waals surface area contributed by atoms with Crippen LogP contribution in [0.2, 0.25) is 0 Å². The van der Waals surface area contributed by atoms with Crippen molar-refractivity contribution in [2.45, 2.75) is 26.3 Å². The first-order chi connectivity index (χ1) is 17.5. The molecule has 0 saturated heterocycles. The van der Waals surface area contributed by atoms with Crippen LogP contribution in [0.5, 0.6) is 0 Å². The monoisotopic (exact) mass is 475 g/mol. The lowest BCUT2D eigenvalue weighted by atomic mass is 9.97. The van der Waals surface area contributed by atoms with E-state index in [1.165, 1.54) is 5.56 Å². The van der Waals surface area contributed by atoms with Gasteiger partial charge in [-0.1, -0.05) is 62.4 Å². The summed E-state index contributed by atoms with van der Waals surface area (Å²) in [5, 5.41) is 0. The zero-order valence-electron chi connectivity index (χ0n) is 20.3. The number of benzene rings is 2. The Morgan fingerprint density at radius 2 is 1.64 bits per heavy atom. The molecular formula is C28H25N7O. The topological polar surface area (TPSA) is 82.9 Å². The molecule has 6 aromatic rings. The third-order valence-corrected chi connectivity index (χ3v) is 6.59. The molecule has 8 nitrogen and oxygen atoms in total. The molecule has 0 radical (unpaired) electrons. The predicted octanol–water partition coefficient (Wildman–Crippen LogP) is 4.68. The molecule has 178 valence electrons. The van der Waals surface area contributed by atoms with E-state index in [4.69, 9.17) is 4.98 Å². The van der Waals surface area contributed by atoms with Crippen molar-refractivity contribution in [2.75, 3.05) is 0 Å². The molecule has 36 heavy (non-hydrogen) atoms. The highest BCUT2D eigenvalue weighted by Gasteiger charge is 2.17. The molecule has 0 aliphatic heterocycles. The molecule has 8 heteroatoms. The van der Waals surface area contributed by atoms with E-state index in [1.807, 2.05) is 59.3 Å². The zero-order chi connectivity index (χ0) is 24.8. The number of rotatable bonds is 5. The molecule has 0 N–H and O–H groups in total. The van der Waals surface area contributed by atoms with Crippen molar-refractivity contribution >= 4 is 16.8 Å². The lowest BCUT2D eigenvalue weighted by Crippen LogP contribution is -2.22. The minimum absolute atomic E-state index is 0.124. The van der Waals surface area contributed by atoms with E-state index in [-0.39, 0.29) is 5.69 Å². The number of hydrogen-bond donors (Lipinski definition) is 0. The van der Waals surface area contributed by atoms with Gasteiger partial charge in [0.05, 0.1) is 12.7 Å². The van der Waals surface area contributed by atoms with Gasteiger partial charge in [-0.25, -0.2) is 19.7 Å². The van der Waals surface area contributed by atoms with E-state index in [1.54, 1.807) is 34.8 Å². The summed E-state index contributed by atoms with van der Waals surface area (Å²) in [5.74, 6) is 0.958. The van der Waals surface area contributed by atoms with E-state index < -0.39 is 0 Å². The summed E-state index contributed by atoms with van der Waals surface area (Å²) < 4.78 is 5.26. The van der Waals surface area contributed by atoms with Crippen molar-refractivity contribution in [3.8, 4) is 22.6 Å². The quantitative estimate of drug-likeness (QED) is 0.362. The number of hydrogen-bond acceptors (Lipinski definition) is 5. The third-order valence-electron chi connectivity index (χ3n) is 6.59. The Kier molecular flexibility index (Phi) is 5.21. The third kappa shape index (κ3) is 3.58. The van der Waals surface area contributed by atoms with E-state index in [9.17, 15) is 4.79 Å². The van der Waals surface area contributed by atoms with Gasteiger partial charge >= 0.3 is 5.69 Å². The summed E-state index contributed by atoms with van der Waals surface area (Å²) in [7, 11) is 1.76. The normalized spacial score (nSPS) is 11.7. The van der Waals surface area contributed by atoms with Crippen LogP contribution in [0.25, 0.3) is 39.5 Å². The van der Waals surface area contributed by atoms with Crippen LogP contribution in [-0.2, 0) is 13.6 Å². The second-order valence-electron chi connectivity index (χ2n) is 9.20. The number of aryl methyl sites for hydroxylation is 1. The summed E-state index contributed by atoms with van der Waals surface area (Å²) >= 11 is 0. The van der Waals surface area contributed by atoms with Crippen LogP contribution in [0, 0.1) is 0 Å². The van der Waals surface area contributed by atoms with Gasteiger partial charge in [0.2, 0.25) is 0 Å². The summed E-state index contributed by atoms with van der Waals surface area (Å²) in [6, 6.07) is 16.2. The van der Waals surface area contributed by atoms with E-state index in [2.05, 4.69) is 34.9 Å². The van der Waals surface area contributed by atoms with E-state index in [0.717, 1.165) is 28.0 Å². The van der Waals surface area contributed by atoms with Crippen molar-refractivity contribution in [1.29, 1.82) is 0 Å². The molecule has 0 amide bonds. The summed E-state index contributed by atoms with van der Waals surface area (Å²) in [4.78, 5) is 31.6. The summed E-state index contributed by atoms with van der Waals surface area (Å²) in [6.07, 6.45) is 9.05. The molecule has 0 bridgehead atoms. The predicted molar refractivity (Wildman–Crippen MR) is 140 cm³/mol. The molecule has 4 heterocycles. The van der Waals surface area contributed by atoms with Crippen molar-refractivity contribution in [3.63, 3.8) is 0 Å². The standard InChI is InChI=1S/C28H25N7O/c1-18(2)21-6-4-5-7-22(21)25-31-16-23-26(32-25)35(28(36)33(23)3)17-19-8-10-20(11-9-19)24-27-30-13-15-34(27)14-12-29-24/h4-16,18H,17H2,1-3H3. The van der Waals surface area contributed by atoms with Crippen LogP contribution < -0.4 is 5.69 Å². The largest absolute Gasteiger partial charge is 0.330 e. The molecule has 0 aliphatic carbocycles. The number of fused-ring (bicyclic) bond motifs is 2. The Morgan fingerprint density at radius 1 is 0.889 bits per heavy atom. The fraction of sp³-hybridized carbons (Fsp3) is 0.179. The molecule has 0 spiro atoms. The fourth-order valence-corrected chi connectivity index (χ4v) is 4.66. The average molecular weight is 476 g/mol. The van der Waals surface area contributed by atoms with Gasteiger partial charge in [0, 0.05) is 43.0 Å². The molecule has 0 aliphatic rings. The molecule has 0 saturated carbocycles. The number of aromatic nitrogens is 7. The van der Waals surface area contributed by atoms with Crippen molar-refractivity contribution in [1.82, 2.24) is 33.5 Å². The highest BCUT2D eigenvalue weighted by atomic mass is 16.1.